The van der Waals surface area contributed by atoms with Crippen LogP contribution in [-0.4, -0.2) is 26.4 Å². The summed E-state index contributed by atoms with van der Waals surface area (Å²) in [5.74, 6) is 1.91. The summed E-state index contributed by atoms with van der Waals surface area (Å²) in [4.78, 5) is 0. The standard InChI is InChI=1S/C15H19N5/c1-11-17-18-14(19(11)3)10-20-8-7-12-5-4-6-13(9-16-2)15(12)20/h4-8,16H,9-10H2,1-3H3. The van der Waals surface area contributed by atoms with Gasteiger partial charge in [-0.3, -0.25) is 0 Å². The summed E-state index contributed by atoms with van der Waals surface area (Å²) in [5.41, 5.74) is 2.57. The molecule has 2 aromatic heterocycles. The fourth-order valence-electron chi connectivity index (χ4n) is 2.55. The van der Waals surface area contributed by atoms with Crippen LogP contribution >= 0.6 is 0 Å². The molecule has 0 aliphatic heterocycles. The molecule has 5 nitrogen and oxygen atoms in total. The van der Waals surface area contributed by atoms with Gasteiger partial charge in [0.1, 0.15) is 5.82 Å². The van der Waals surface area contributed by atoms with Crippen LogP contribution < -0.4 is 5.32 Å². The number of nitrogens with one attached hydrogen (secondary N) is 1. The van der Waals surface area contributed by atoms with Gasteiger partial charge < -0.3 is 14.5 Å². The smallest absolute Gasteiger partial charge is 0.152 e. The van der Waals surface area contributed by atoms with Crippen molar-refractivity contribution in [2.45, 2.75) is 20.0 Å². The Hall–Kier alpha value is -2.14. The first kappa shape index (κ1) is 12.9. The number of rotatable bonds is 4. The SMILES string of the molecule is CNCc1cccc2ccn(Cc3nnc(C)n3C)c12. The molecule has 3 aromatic rings. The van der Waals surface area contributed by atoms with Crippen LogP contribution in [0.4, 0.5) is 0 Å². The molecule has 20 heavy (non-hydrogen) atoms. The Morgan fingerprint density at radius 3 is 2.75 bits per heavy atom. The van der Waals surface area contributed by atoms with Crippen molar-refractivity contribution in [3.63, 3.8) is 0 Å². The minimum Gasteiger partial charge on any atom is -0.340 e. The maximum atomic E-state index is 4.25. The molecule has 0 atom stereocenters. The van der Waals surface area contributed by atoms with E-state index in [2.05, 4.69) is 50.5 Å². The number of aromatic nitrogens is 4. The topological polar surface area (TPSA) is 47.7 Å². The highest BCUT2D eigenvalue weighted by Gasteiger charge is 2.10. The third kappa shape index (κ3) is 2.10. The van der Waals surface area contributed by atoms with Gasteiger partial charge in [0.05, 0.1) is 12.1 Å². The molecule has 0 amide bonds. The van der Waals surface area contributed by atoms with Crippen LogP contribution in [0.25, 0.3) is 10.9 Å². The van der Waals surface area contributed by atoms with Crippen LogP contribution in [0.5, 0.6) is 0 Å². The molecule has 0 unspecified atom stereocenters. The van der Waals surface area contributed by atoms with Crippen molar-refractivity contribution in [2.24, 2.45) is 7.05 Å². The second kappa shape index (κ2) is 5.09. The highest BCUT2D eigenvalue weighted by Crippen LogP contribution is 2.21. The van der Waals surface area contributed by atoms with E-state index in [1.807, 2.05) is 25.6 Å². The molecular weight excluding hydrogens is 250 g/mol. The highest BCUT2D eigenvalue weighted by atomic mass is 15.3. The molecule has 2 heterocycles. The number of hydrogen-bond donors (Lipinski definition) is 1. The summed E-state index contributed by atoms with van der Waals surface area (Å²) in [5, 5.41) is 12.9. The molecule has 5 heteroatoms. The van der Waals surface area contributed by atoms with Gasteiger partial charge in [-0.25, -0.2) is 0 Å². The van der Waals surface area contributed by atoms with Crippen molar-refractivity contribution in [3.05, 3.63) is 47.7 Å². The Balaban J connectivity index is 2.05. The number of aryl methyl sites for hydroxylation is 1. The normalized spacial score (nSPS) is 11.3. The number of nitrogens with zero attached hydrogens (tertiary/aromatic N) is 4. The quantitative estimate of drug-likeness (QED) is 0.786. The zero-order valence-corrected chi connectivity index (χ0v) is 12.1. The summed E-state index contributed by atoms with van der Waals surface area (Å²) in [6.45, 7) is 3.57. The summed E-state index contributed by atoms with van der Waals surface area (Å²) in [6.07, 6.45) is 2.12. The number of fused-ring (bicyclic) bond motifs is 1. The van der Waals surface area contributed by atoms with Crippen molar-refractivity contribution in [1.82, 2.24) is 24.6 Å². The van der Waals surface area contributed by atoms with Crippen LogP contribution in [0.15, 0.2) is 30.5 Å². The maximum Gasteiger partial charge on any atom is 0.152 e. The fourth-order valence-corrected chi connectivity index (χ4v) is 2.55. The number of benzene rings is 1. The van der Waals surface area contributed by atoms with Crippen LogP contribution in [0.1, 0.15) is 17.2 Å². The zero-order chi connectivity index (χ0) is 14.1. The van der Waals surface area contributed by atoms with Gasteiger partial charge in [0, 0.05) is 19.8 Å². The van der Waals surface area contributed by atoms with E-state index in [0.29, 0.717) is 0 Å². The molecule has 0 saturated carbocycles. The monoisotopic (exact) mass is 269 g/mol. The third-order valence-corrected chi connectivity index (χ3v) is 3.73. The summed E-state index contributed by atoms with van der Waals surface area (Å²) in [6, 6.07) is 8.56. The van der Waals surface area contributed by atoms with Crippen molar-refractivity contribution >= 4 is 10.9 Å². The van der Waals surface area contributed by atoms with Crippen LogP contribution in [-0.2, 0) is 20.1 Å². The van der Waals surface area contributed by atoms with Crippen molar-refractivity contribution in [3.8, 4) is 0 Å². The lowest BCUT2D eigenvalue weighted by atomic mass is 10.1. The molecule has 0 aliphatic rings. The minimum atomic E-state index is 0.738. The molecule has 104 valence electrons. The molecule has 0 fully saturated rings. The van der Waals surface area contributed by atoms with Gasteiger partial charge in [-0.2, -0.15) is 0 Å². The zero-order valence-electron chi connectivity index (χ0n) is 12.1. The van der Waals surface area contributed by atoms with Crippen LogP contribution in [0, 0.1) is 6.92 Å². The Bertz CT molecular complexity index is 738. The molecule has 0 spiro atoms. The maximum absolute atomic E-state index is 4.25. The summed E-state index contributed by atoms with van der Waals surface area (Å²) in [7, 11) is 3.98. The summed E-state index contributed by atoms with van der Waals surface area (Å²) < 4.78 is 4.28. The second-order valence-corrected chi connectivity index (χ2v) is 5.05. The van der Waals surface area contributed by atoms with Gasteiger partial charge >= 0.3 is 0 Å². The van der Waals surface area contributed by atoms with Gasteiger partial charge in [0.2, 0.25) is 0 Å². The molecule has 1 N–H and O–H groups in total. The van der Waals surface area contributed by atoms with Crippen molar-refractivity contribution < 1.29 is 0 Å². The average Bonchev–Trinajstić information content (AvgIpc) is 2.99. The van der Waals surface area contributed by atoms with E-state index < -0.39 is 0 Å². The molecule has 1 aromatic carbocycles. The molecule has 0 bridgehead atoms. The Morgan fingerprint density at radius 1 is 1.20 bits per heavy atom. The van der Waals surface area contributed by atoms with E-state index in [0.717, 1.165) is 24.7 Å². The predicted octanol–water partition coefficient (Wildman–Crippen LogP) is 1.85. The third-order valence-electron chi connectivity index (χ3n) is 3.73. The largest absolute Gasteiger partial charge is 0.340 e. The Kier molecular flexibility index (Phi) is 3.28. The van der Waals surface area contributed by atoms with Gasteiger partial charge in [0.25, 0.3) is 0 Å². The lowest BCUT2D eigenvalue weighted by Gasteiger charge is -2.09. The van der Waals surface area contributed by atoms with Gasteiger partial charge in [0.15, 0.2) is 5.82 Å². The lowest BCUT2D eigenvalue weighted by molar-refractivity contribution is 0.704. The van der Waals surface area contributed by atoms with Crippen molar-refractivity contribution in [1.29, 1.82) is 0 Å². The van der Waals surface area contributed by atoms with Gasteiger partial charge in [-0.1, -0.05) is 18.2 Å². The molecular formula is C15H19N5. The predicted molar refractivity (Wildman–Crippen MR) is 79.5 cm³/mol. The van der Waals surface area contributed by atoms with E-state index in [1.165, 1.54) is 16.5 Å². The first-order valence-electron chi connectivity index (χ1n) is 6.77. The van der Waals surface area contributed by atoms with E-state index >= 15 is 0 Å². The summed E-state index contributed by atoms with van der Waals surface area (Å²) >= 11 is 0. The first-order valence-corrected chi connectivity index (χ1v) is 6.77. The second-order valence-electron chi connectivity index (χ2n) is 5.05. The number of para-hydroxylation sites is 1. The van der Waals surface area contributed by atoms with E-state index in [9.17, 15) is 0 Å². The molecule has 3 rings (SSSR count). The molecule has 0 aliphatic carbocycles. The van der Waals surface area contributed by atoms with Crippen molar-refractivity contribution in [2.75, 3.05) is 7.05 Å². The van der Waals surface area contributed by atoms with E-state index in [4.69, 9.17) is 0 Å². The average molecular weight is 269 g/mol. The molecule has 0 saturated heterocycles. The van der Waals surface area contributed by atoms with E-state index in [1.54, 1.807) is 0 Å². The Labute approximate surface area is 118 Å². The lowest BCUT2D eigenvalue weighted by Crippen LogP contribution is -2.09. The van der Waals surface area contributed by atoms with E-state index in [-0.39, 0.29) is 0 Å². The highest BCUT2D eigenvalue weighted by molar-refractivity contribution is 5.83. The minimum absolute atomic E-state index is 0.738. The number of hydrogen-bond acceptors (Lipinski definition) is 3. The molecule has 0 radical (unpaired) electrons. The van der Waals surface area contributed by atoms with Crippen LogP contribution in [0.2, 0.25) is 0 Å². The van der Waals surface area contributed by atoms with Gasteiger partial charge in [-0.05, 0) is 31.0 Å². The first-order chi connectivity index (χ1) is 9.70. The van der Waals surface area contributed by atoms with Crippen LogP contribution in [0.3, 0.4) is 0 Å². The van der Waals surface area contributed by atoms with Gasteiger partial charge in [-0.15, -0.1) is 10.2 Å². The Morgan fingerprint density at radius 2 is 2.05 bits per heavy atom. The fraction of sp³-hybridized carbons (Fsp3) is 0.333.